The van der Waals surface area contributed by atoms with Gasteiger partial charge in [0.1, 0.15) is 5.54 Å². The summed E-state index contributed by atoms with van der Waals surface area (Å²) < 4.78 is 10.9. The highest BCUT2D eigenvalue weighted by molar-refractivity contribution is 6.07. The number of rotatable bonds is 8. The van der Waals surface area contributed by atoms with Crippen LogP contribution in [0.5, 0.6) is 11.5 Å². The van der Waals surface area contributed by atoms with E-state index >= 15 is 0 Å². The van der Waals surface area contributed by atoms with Gasteiger partial charge in [-0.1, -0.05) is 43.3 Å². The molecule has 180 valence electrons. The number of carbonyl (C=O) groups is 2. The van der Waals surface area contributed by atoms with Crippen LogP contribution in [0.1, 0.15) is 37.3 Å². The number of amides is 3. The number of imide groups is 1. The van der Waals surface area contributed by atoms with Gasteiger partial charge in [0, 0.05) is 6.54 Å². The number of ether oxygens (including phenoxy) is 2. The molecule has 7 heteroatoms. The van der Waals surface area contributed by atoms with Gasteiger partial charge in [-0.15, -0.1) is 0 Å². The Morgan fingerprint density at radius 3 is 2.53 bits per heavy atom. The number of piperidine rings is 1. The van der Waals surface area contributed by atoms with Crippen molar-refractivity contribution in [3.8, 4) is 11.5 Å². The average molecular weight is 464 g/mol. The molecular formula is C27H33N3O4. The number of carbonyl (C=O) groups excluding carboxylic acids is 2. The van der Waals surface area contributed by atoms with Crippen molar-refractivity contribution in [3.63, 3.8) is 0 Å². The predicted octanol–water partition coefficient (Wildman–Crippen LogP) is 3.52. The molecule has 2 aromatic rings. The van der Waals surface area contributed by atoms with Crippen LogP contribution < -0.4 is 20.1 Å². The largest absolute Gasteiger partial charge is 0.454 e. The molecule has 0 spiro atoms. The van der Waals surface area contributed by atoms with Crippen LogP contribution in [0, 0.1) is 11.8 Å². The molecule has 3 aliphatic heterocycles. The van der Waals surface area contributed by atoms with Gasteiger partial charge in [0.15, 0.2) is 11.5 Å². The van der Waals surface area contributed by atoms with E-state index in [9.17, 15) is 9.59 Å². The van der Waals surface area contributed by atoms with Crippen LogP contribution >= 0.6 is 0 Å². The van der Waals surface area contributed by atoms with E-state index in [0.29, 0.717) is 19.1 Å². The maximum atomic E-state index is 12.9. The van der Waals surface area contributed by atoms with Crippen LogP contribution in [0.2, 0.25) is 0 Å². The Morgan fingerprint density at radius 1 is 1.03 bits per heavy atom. The van der Waals surface area contributed by atoms with E-state index < -0.39 is 5.54 Å². The summed E-state index contributed by atoms with van der Waals surface area (Å²) in [7, 11) is 0. The molecule has 7 nitrogen and oxygen atoms in total. The maximum Gasteiger partial charge on any atom is 0.322 e. The minimum Gasteiger partial charge on any atom is -0.454 e. The smallest absolute Gasteiger partial charge is 0.322 e. The maximum absolute atomic E-state index is 12.9. The predicted molar refractivity (Wildman–Crippen MR) is 129 cm³/mol. The Balaban J connectivity index is 1.17. The summed E-state index contributed by atoms with van der Waals surface area (Å²) in [6.07, 6.45) is 4.18. The Kier molecular flexibility index (Phi) is 6.46. The zero-order valence-electron chi connectivity index (χ0n) is 19.7. The summed E-state index contributed by atoms with van der Waals surface area (Å²) in [5.41, 5.74) is 1.64. The first-order valence-corrected chi connectivity index (χ1v) is 12.3. The monoisotopic (exact) mass is 463 g/mol. The lowest BCUT2D eigenvalue weighted by molar-refractivity contribution is -0.127. The van der Waals surface area contributed by atoms with Gasteiger partial charge >= 0.3 is 6.03 Å². The lowest BCUT2D eigenvalue weighted by atomic mass is 9.74. The van der Waals surface area contributed by atoms with Gasteiger partial charge in [-0.3, -0.25) is 10.1 Å². The van der Waals surface area contributed by atoms with Crippen LogP contribution in [0.3, 0.4) is 0 Å². The fourth-order valence-corrected chi connectivity index (χ4v) is 5.74. The molecule has 34 heavy (non-hydrogen) atoms. The molecule has 3 amide bonds. The molecule has 3 aliphatic rings. The van der Waals surface area contributed by atoms with E-state index in [2.05, 4.69) is 46.7 Å². The van der Waals surface area contributed by atoms with E-state index in [0.717, 1.165) is 56.8 Å². The van der Waals surface area contributed by atoms with Gasteiger partial charge in [0.25, 0.3) is 5.91 Å². The van der Waals surface area contributed by atoms with Gasteiger partial charge in [0.2, 0.25) is 6.79 Å². The van der Waals surface area contributed by atoms with Crippen molar-refractivity contribution in [2.75, 3.05) is 26.4 Å². The summed E-state index contributed by atoms with van der Waals surface area (Å²) in [6.45, 7) is 5.47. The Bertz CT molecular complexity index is 1040. The molecule has 0 unspecified atom stereocenters. The summed E-state index contributed by atoms with van der Waals surface area (Å²) in [5.74, 6) is 2.13. The zero-order chi connectivity index (χ0) is 23.5. The number of nitrogens with zero attached hydrogens (tertiary/aromatic N) is 1. The van der Waals surface area contributed by atoms with Gasteiger partial charge in [-0.05, 0) is 80.3 Å². The molecule has 0 bridgehead atoms. The summed E-state index contributed by atoms with van der Waals surface area (Å²) >= 11 is 0. The molecule has 2 aromatic carbocycles. The second-order valence-corrected chi connectivity index (χ2v) is 9.94. The molecule has 3 heterocycles. The lowest BCUT2D eigenvalue weighted by Crippen LogP contribution is -2.56. The van der Waals surface area contributed by atoms with Gasteiger partial charge in [-0.25, -0.2) is 4.79 Å². The highest BCUT2D eigenvalue weighted by atomic mass is 16.7. The minimum absolute atomic E-state index is 0.142. The van der Waals surface area contributed by atoms with Crippen LogP contribution in [0.25, 0.3) is 0 Å². The third-order valence-corrected chi connectivity index (χ3v) is 7.50. The highest BCUT2D eigenvalue weighted by Gasteiger charge is 2.51. The average Bonchev–Trinajstić information content (AvgIpc) is 3.42. The van der Waals surface area contributed by atoms with Crippen LogP contribution in [-0.2, 0) is 17.6 Å². The first kappa shape index (κ1) is 22.7. The first-order valence-electron chi connectivity index (χ1n) is 12.3. The molecule has 5 rings (SSSR count). The summed E-state index contributed by atoms with van der Waals surface area (Å²) in [6, 6.07) is 16.0. The van der Waals surface area contributed by atoms with Crippen LogP contribution in [0.15, 0.2) is 48.5 Å². The van der Waals surface area contributed by atoms with E-state index in [1.165, 1.54) is 11.1 Å². The third kappa shape index (κ3) is 4.75. The number of fused-ring (bicyclic) bond motifs is 1. The van der Waals surface area contributed by atoms with Crippen LogP contribution in [0.4, 0.5) is 4.79 Å². The van der Waals surface area contributed by atoms with Gasteiger partial charge < -0.3 is 19.7 Å². The van der Waals surface area contributed by atoms with Crippen molar-refractivity contribution in [2.45, 2.75) is 44.6 Å². The molecule has 2 N–H and O–H groups in total. The molecule has 2 saturated heterocycles. The molecular weight excluding hydrogens is 430 g/mol. The van der Waals surface area contributed by atoms with Crippen molar-refractivity contribution in [1.82, 2.24) is 15.5 Å². The highest BCUT2D eigenvalue weighted by Crippen LogP contribution is 2.36. The zero-order valence-corrected chi connectivity index (χ0v) is 19.7. The Hall–Kier alpha value is -3.06. The van der Waals surface area contributed by atoms with Crippen molar-refractivity contribution < 1.29 is 19.1 Å². The van der Waals surface area contributed by atoms with E-state index in [1.54, 1.807) is 0 Å². The van der Waals surface area contributed by atoms with Gasteiger partial charge in [-0.2, -0.15) is 0 Å². The minimum atomic E-state index is -0.808. The topological polar surface area (TPSA) is 79.9 Å². The standard InChI is InChI=1S/C27H33N3O4/c1-19(15-21-7-8-23-24(16-21)34-18-33-23)17-30-13-10-22(11-14-30)27(25(31)28-26(32)29-27)12-9-20-5-3-2-4-6-20/h2-8,16,19,22H,9-15,17-18H2,1H3,(H2,28,29,31,32)/t19-,27+/m0/s1. The SMILES string of the molecule is C[C@@H](Cc1ccc2c(c1)OCO2)CN1CCC([C@@]2(CCc3ccccc3)NC(=O)NC2=O)CC1. The number of aryl methyl sites for hydroxylation is 1. The summed E-state index contributed by atoms with van der Waals surface area (Å²) in [5, 5.41) is 5.53. The number of hydrogen-bond donors (Lipinski definition) is 2. The quantitative estimate of drug-likeness (QED) is 0.586. The molecule has 0 aliphatic carbocycles. The van der Waals surface area contributed by atoms with E-state index in [-0.39, 0.29) is 17.9 Å². The fourth-order valence-electron chi connectivity index (χ4n) is 5.74. The number of nitrogens with one attached hydrogen (secondary N) is 2. The normalized spacial score (nSPS) is 23.6. The summed E-state index contributed by atoms with van der Waals surface area (Å²) in [4.78, 5) is 27.5. The molecule has 0 aromatic heterocycles. The number of hydrogen-bond acceptors (Lipinski definition) is 5. The van der Waals surface area contributed by atoms with E-state index in [4.69, 9.17) is 9.47 Å². The van der Waals surface area contributed by atoms with Crippen LogP contribution in [-0.4, -0.2) is 48.8 Å². The van der Waals surface area contributed by atoms with Crippen molar-refractivity contribution in [1.29, 1.82) is 0 Å². The second-order valence-electron chi connectivity index (χ2n) is 9.94. The first-order chi connectivity index (χ1) is 16.5. The Labute approximate surface area is 200 Å². The Morgan fingerprint density at radius 2 is 1.79 bits per heavy atom. The molecule has 0 radical (unpaired) electrons. The molecule has 2 atom stereocenters. The van der Waals surface area contributed by atoms with Gasteiger partial charge in [0.05, 0.1) is 0 Å². The number of likely N-dealkylation sites (tertiary alicyclic amines) is 1. The molecule has 2 fully saturated rings. The number of benzene rings is 2. The van der Waals surface area contributed by atoms with Crippen molar-refractivity contribution in [3.05, 3.63) is 59.7 Å². The fraction of sp³-hybridized carbons (Fsp3) is 0.481. The van der Waals surface area contributed by atoms with Crippen molar-refractivity contribution >= 4 is 11.9 Å². The molecule has 0 saturated carbocycles. The van der Waals surface area contributed by atoms with E-state index in [1.807, 2.05) is 24.3 Å². The lowest BCUT2D eigenvalue weighted by Gasteiger charge is -2.41. The second kappa shape index (κ2) is 9.66. The third-order valence-electron chi connectivity index (χ3n) is 7.50. The van der Waals surface area contributed by atoms with Crippen molar-refractivity contribution in [2.24, 2.45) is 11.8 Å². The number of urea groups is 1.